The van der Waals surface area contributed by atoms with Crippen molar-refractivity contribution in [1.82, 2.24) is 0 Å². The van der Waals surface area contributed by atoms with E-state index in [1.165, 1.54) is 30.3 Å². The monoisotopic (exact) mass is 326 g/mol. The Balaban J connectivity index is 0.000000312. The van der Waals surface area contributed by atoms with Gasteiger partial charge in [-0.25, -0.2) is 0 Å². The average Bonchev–Trinajstić information content (AvgIpc) is 2.37. The van der Waals surface area contributed by atoms with Gasteiger partial charge in [-0.2, -0.15) is 0 Å². The number of aromatic hydroxyl groups is 1. The van der Waals surface area contributed by atoms with Crippen molar-refractivity contribution in [2.24, 2.45) is 0 Å². The Morgan fingerprint density at radius 3 is 2.47 bits per heavy atom. The van der Waals surface area contributed by atoms with Crippen molar-refractivity contribution in [2.75, 3.05) is 0 Å². The zero-order chi connectivity index (χ0) is 14.4. The first-order chi connectivity index (χ1) is 9.02. The van der Waals surface area contributed by atoms with Crippen LogP contribution in [0.4, 0.5) is 0 Å². The number of fused-ring (bicyclic) bond motifs is 1. The van der Waals surface area contributed by atoms with E-state index in [0.717, 1.165) is 0 Å². The normalized spacial score (nSPS) is 13.3. The number of Topliss-reactive ketones (excluding diaryl/α,β-unsaturated/α-hetero) is 1. The van der Waals surface area contributed by atoms with Gasteiger partial charge in [0.2, 0.25) is 0 Å². The number of ketones is 2. The summed E-state index contributed by atoms with van der Waals surface area (Å²) < 4.78 is 0. The fraction of sp³-hybridized carbons (Fsp3) is 0.333. The SMILES string of the molecule is CC1=CC(=O)c2c(O)cccc2C1=O.CCCC[SeH]. The number of hydrogen-bond donors (Lipinski definition) is 1. The Kier molecular flexibility index (Phi) is 6.00. The fourth-order valence-electron chi connectivity index (χ4n) is 1.69. The molecule has 2 rings (SSSR count). The molecular weight excluding hydrogens is 307 g/mol. The summed E-state index contributed by atoms with van der Waals surface area (Å²) in [5.41, 5.74) is 0.811. The molecule has 0 aromatic heterocycles. The number of benzene rings is 1. The number of allylic oxidation sites excluding steroid dienone is 2. The number of rotatable bonds is 2. The Morgan fingerprint density at radius 2 is 1.95 bits per heavy atom. The Hall–Kier alpha value is -1.38. The van der Waals surface area contributed by atoms with E-state index in [2.05, 4.69) is 22.9 Å². The van der Waals surface area contributed by atoms with Crippen molar-refractivity contribution in [2.45, 2.75) is 32.0 Å². The van der Waals surface area contributed by atoms with Crippen molar-refractivity contribution in [1.29, 1.82) is 0 Å². The van der Waals surface area contributed by atoms with Crippen LogP contribution in [0.1, 0.15) is 47.4 Å². The van der Waals surface area contributed by atoms with E-state index in [-0.39, 0.29) is 28.4 Å². The van der Waals surface area contributed by atoms with Gasteiger partial charge in [0.25, 0.3) is 0 Å². The molecule has 1 aromatic carbocycles. The van der Waals surface area contributed by atoms with E-state index in [9.17, 15) is 14.7 Å². The van der Waals surface area contributed by atoms with Crippen molar-refractivity contribution in [3.05, 3.63) is 41.0 Å². The molecule has 1 aromatic rings. The van der Waals surface area contributed by atoms with Crippen LogP contribution < -0.4 is 0 Å². The molecule has 0 heterocycles. The molecule has 4 heteroatoms. The second kappa shape index (κ2) is 7.27. The van der Waals surface area contributed by atoms with Gasteiger partial charge < -0.3 is 5.11 Å². The first-order valence-corrected chi connectivity index (χ1v) is 7.55. The van der Waals surface area contributed by atoms with Crippen LogP contribution in [0.2, 0.25) is 5.32 Å². The van der Waals surface area contributed by atoms with Gasteiger partial charge in [0, 0.05) is 11.1 Å². The molecular formula is C15H18O3Se. The summed E-state index contributed by atoms with van der Waals surface area (Å²) >= 11 is 2.58. The van der Waals surface area contributed by atoms with Gasteiger partial charge in [0.15, 0.2) is 11.6 Å². The number of carbonyl (C=O) groups excluding carboxylic acids is 2. The third-order valence-corrected chi connectivity index (χ3v) is 3.41. The molecule has 0 bridgehead atoms. The van der Waals surface area contributed by atoms with Crippen LogP contribution in [0.5, 0.6) is 5.75 Å². The van der Waals surface area contributed by atoms with E-state index in [0.29, 0.717) is 5.57 Å². The molecule has 0 unspecified atom stereocenters. The quantitative estimate of drug-likeness (QED) is 0.851. The molecule has 0 aliphatic heterocycles. The van der Waals surface area contributed by atoms with Crippen LogP contribution in [0.15, 0.2) is 29.8 Å². The first-order valence-electron chi connectivity index (χ1n) is 6.23. The number of hydrogen-bond acceptors (Lipinski definition) is 3. The number of phenols is 1. The summed E-state index contributed by atoms with van der Waals surface area (Å²) in [6, 6.07) is 4.50. The van der Waals surface area contributed by atoms with E-state index < -0.39 is 0 Å². The minimum absolute atomic E-state index is 0.114. The van der Waals surface area contributed by atoms with Crippen molar-refractivity contribution in [3.63, 3.8) is 0 Å². The van der Waals surface area contributed by atoms with Crippen LogP contribution in [0.3, 0.4) is 0 Å². The third-order valence-electron chi connectivity index (χ3n) is 2.75. The maximum atomic E-state index is 11.6. The molecule has 3 nitrogen and oxygen atoms in total. The fourth-order valence-corrected chi connectivity index (χ4v) is 2.36. The molecule has 1 N–H and O–H groups in total. The van der Waals surface area contributed by atoms with Gasteiger partial charge >= 0.3 is 41.1 Å². The molecule has 102 valence electrons. The van der Waals surface area contributed by atoms with Crippen LogP contribution in [-0.4, -0.2) is 32.7 Å². The predicted molar refractivity (Wildman–Crippen MR) is 77.4 cm³/mol. The second-order valence-corrected chi connectivity index (χ2v) is 5.24. The zero-order valence-electron chi connectivity index (χ0n) is 11.1. The Morgan fingerprint density at radius 1 is 1.26 bits per heavy atom. The summed E-state index contributed by atoms with van der Waals surface area (Å²) in [7, 11) is 0. The second-order valence-electron chi connectivity index (χ2n) is 4.30. The maximum absolute atomic E-state index is 11.6. The van der Waals surface area contributed by atoms with E-state index in [1.807, 2.05) is 0 Å². The molecule has 0 saturated carbocycles. The summed E-state index contributed by atoms with van der Waals surface area (Å²) in [6.45, 7) is 3.79. The van der Waals surface area contributed by atoms with Gasteiger partial charge in [0.05, 0.1) is 5.56 Å². The molecule has 1 aliphatic carbocycles. The average molecular weight is 325 g/mol. The van der Waals surface area contributed by atoms with Crippen molar-refractivity contribution in [3.8, 4) is 5.75 Å². The molecule has 0 saturated heterocycles. The number of unbranched alkanes of at least 4 members (excludes halogenated alkanes) is 1. The van der Waals surface area contributed by atoms with Gasteiger partial charge in [0.1, 0.15) is 5.75 Å². The third kappa shape index (κ3) is 3.79. The van der Waals surface area contributed by atoms with Gasteiger partial charge in [-0.1, -0.05) is 12.1 Å². The molecule has 0 radical (unpaired) electrons. The number of phenolic OH excluding ortho intramolecular Hbond substituents is 1. The van der Waals surface area contributed by atoms with Crippen LogP contribution in [0.25, 0.3) is 0 Å². The van der Waals surface area contributed by atoms with Gasteiger partial charge in [-0.15, -0.1) is 0 Å². The summed E-state index contributed by atoms with van der Waals surface area (Å²) in [4.78, 5) is 23.1. The molecule has 1 aliphatic rings. The zero-order valence-corrected chi connectivity index (χ0v) is 13.0. The van der Waals surface area contributed by atoms with Crippen LogP contribution in [-0.2, 0) is 0 Å². The van der Waals surface area contributed by atoms with Crippen molar-refractivity contribution >= 4 is 27.6 Å². The van der Waals surface area contributed by atoms with Gasteiger partial charge in [-0.05, 0) is 19.1 Å². The minimum atomic E-state index is -0.310. The van der Waals surface area contributed by atoms with Gasteiger partial charge in [-0.3, -0.25) is 9.59 Å². The first kappa shape index (κ1) is 15.7. The molecule has 0 amide bonds. The van der Waals surface area contributed by atoms with E-state index in [1.54, 1.807) is 19.1 Å². The Labute approximate surface area is 121 Å². The molecule has 0 fully saturated rings. The Bertz CT molecular complexity index is 516. The molecule has 0 spiro atoms. The molecule has 0 atom stereocenters. The van der Waals surface area contributed by atoms with E-state index in [4.69, 9.17) is 0 Å². The predicted octanol–water partition coefficient (Wildman–Crippen LogP) is 2.82. The summed E-state index contributed by atoms with van der Waals surface area (Å²) in [6.07, 6.45) is 3.94. The van der Waals surface area contributed by atoms with E-state index >= 15 is 0 Å². The topological polar surface area (TPSA) is 54.4 Å². The van der Waals surface area contributed by atoms with Crippen molar-refractivity contribution < 1.29 is 14.7 Å². The molecule has 19 heavy (non-hydrogen) atoms. The summed E-state index contributed by atoms with van der Waals surface area (Å²) in [5.74, 6) is -0.643. The standard InChI is InChI=1S/C11H8O3.C4H10Se/c1-6-5-9(13)10-7(11(6)14)3-2-4-8(10)12;1-2-3-4-5/h2-5,12H,1H3;5H,2-4H2,1H3. The van der Waals surface area contributed by atoms with Crippen LogP contribution in [0, 0.1) is 0 Å². The van der Waals surface area contributed by atoms with Crippen LogP contribution >= 0.6 is 0 Å². The summed E-state index contributed by atoms with van der Waals surface area (Å²) in [5, 5.41) is 10.7. The number of carbonyl (C=O) groups is 2.